The number of halogens is 1. The SMILES string of the molecule is COc1cc(Br)c(C=O)cc1OCC(=O)N[C@H](C)c1ccccc1. The number of hydrogen-bond acceptors (Lipinski definition) is 4. The van der Waals surface area contributed by atoms with Gasteiger partial charge in [0.1, 0.15) is 0 Å². The summed E-state index contributed by atoms with van der Waals surface area (Å²) in [6.45, 7) is 1.73. The molecule has 0 unspecified atom stereocenters. The first kappa shape index (κ1) is 18.0. The third-order valence-corrected chi connectivity index (χ3v) is 4.13. The number of rotatable bonds is 7. The summed E-state index contributed by atoms with van der Waals surface area (Å²) in [5, 5.41) is 2.86. The van der Waals surface area contributed by atoms with Crippen LogP contribution in [0, 0.1) is 0 Å². The first-order chi connectivity index (χ1) is 11.5. The fourth-order valence-corrected chi connectivity index (χ4v) is 2.58. The van der Waals surface area contributed by atoms with Gasteiger partial charge in [-0.3, -0.25) is 9.59 Å². The van der Waals surface area contributed by atoms with Crippen molar-refractivity contribution in [3.63, 3.8) is 0 Å². The van der Waals surface area contributed by atoms with Gasteiger partial charge in [0.2, 0.25) is 0 Å². The van der Waals surface area contributed by atoms with Gasteiger partial charge in [0.25, 0.3) is 5.91 Å². The van der Waals surface area contributed by atoms with Crippen LogP contribution < -0.4 is 14.8 Å². The number of amides is 1. The quantitative estimate of drug-likeness (QED) is 0.733. The molecule has 1 amide bonds. The van der Waals surface area contributed by atoms with Crippen LogP contribution in [0.2, 0.25) is 0 Å². The Hall–Kier alpha value is -2.34. The van der Waals surface area contributed by atoms with Crippen LogP contribution in [0.3, 0.4) is 0 Å². The van der Waals surface area contributed by atoms with Crippen LogP contribution in [0.15, 0.2) is 46.9 Å². The Labute approximate surface area is 149 Å². The lowest BCUT2D eigenvalue weighted by Crippen LogP contribution is -2.31. The first-order valence-electron chi connectivity index (χ1n) is 7.35. The molecule has 0 aliphatic heterocycles. The summed E-state index contributed by atoms with van der Waals surface area (Å²) in [6.07, 6.45) is 0.702. The molecule has 0 heterocycles. The van der Waals surface area contributed by atoms with Crippen molar-refractivity contribution in [2.75, 3.05) is 13.7 Å². The van der Waals surface area contributed by atoms with Crippen molar-refractivity contribution in [3.05, 3.63) is 58.1 Å². The zero-order valence-electron chi connectivity index (χ0n) is 13.4. The van der Waals surface area contributed by atoms with Crippen LogP contribution in [0.1, 0.15) is 28.9 Å². The molecule has 0 aliphatic carbocycles. The standard InChI is InChI=1S/C18H18BrNO4/c1-12(13-6-4-3-5-7-13)20-18(22)11-24-17-8-14(10-21)15(19)9-16(17)23-2/h3-10,12H,11H2,1-2H3,(H,20,22)/t12-/m1/s1. The third-order valence-electron chi connectivity index (χ3n) is 3.45. The lowest BCUT2D eigenvalue weighted by molar-refractivity contribution is -0.123. The molecule has 6 heteroatoms. The van der Waals surface area contributed by atoms with Crippen molar-refractivity contribution >= 4 is 28.1 Å². The second-order valence-corrected chi connectivity index (χ2v) is 5.99. The molecule has 2 aromatic rings. The number of methoxy groups -OCH3 is 1. The van der Waals surface area contributed by atoms with E-state index in [1.165, 1.54) is 13.2 Å². The topological polar surface area (TPSA) is 64.6 Å². The van der Waals surface area contributed by atoms with E-state index in [0.29, 0.717) is 27.8 Å². The van der Waals surface area contributed by atoms with E-state index < -0.39 is 0 Å². The fraction of sp³-hybridized carbons (Fsp3) is 0.222. The van der Waals surface area contributed by atoms with Gasteiger partial charge < -0.3 is 14.8 Å². The van der Waals surface area contributed by atoms with Crippen LogP contribution >= 0.6 is 15.9 Å². The maximum absolute atomic E-state index is 12.1. The largest absolute Gasteiger partial charge is 0.493 e. The summed E-state index contributed by atoms with van der Waals surface area (Å²) < 4.78 is 11.3. The second kappa shape index (κ2) is 8.49. The van der Waals surface area contributed by atoms with E-state index in [-0.39, 0.29) is 18.6 Å². The Morgan fingerprint density at radius 3 is 2.58 bits per heavy atom. The van der Waals surface area contributed by atoms with Crippen molar-refractivity contribution in [3.8, 4) is 11.5 Å². The van der Waals surface area contributed by atoms with E-state index >= 15 is 0 Å². The van der Waals surface area contributed by atoms with E-state index in [4.69, 9.17) is 9.47 Å². The molecular formula is C18H18BrNO4. The molecule has 2 aromatic carbocycles. The van der Waals surface area contributed by atoms with Crippen LogP contribution in [0.25, 0.3) is 0 Å². The molecular weight excluding hydrogens is 374 g/mol. The molecule has 0 aromatic heterocycles. The fourth-order valence-electron chi connectivity index (χ4n) is 2.16. The van der Waals surface area contributed by atoms with Crippen LogP contribution in [-0.4, -0.2) is 25.9 Å². The normalized spacial score (nSPS) is 11.5. The van der Waals surface area contributed by atoms with Crippen molar-refractivity contribution < 1.29 is 19.1 Å². The predicted octanol–water partition coefficient (Wildman–Crippen LogP) is 3.53. The van der Waals surface area contributed by atoms with E-state index in [0.717, 1.165) is 5.56 Å². The van der Waals surface area contributed by atoms with Crippen molar-refractivity contribution in [1.82, 2.24) is 5.32 Å². The molecule has 126 valence electrons. The van der Waals surface area contributed by atoms with Crippen molar-refractivity contribution in [2.45, 2.75) is 13.0 Å². The monoisotopic (exact) mass is 391 g/mol. The van der Waals surface area contributed by atoms with Gasteiger partial charge in [-0.25, -0.2) is 0 Å². The van der Waals surface area contributed by atoms with Gasteiger partial charge in [0.05, 0.1) is 13.2 Å². The number of aldehydes is 1. The zero-order chi connectivity index (χ0) is 17.5. The van der Waals surface area contributed by atoms with Gasteiger partial charge in [-0.15, -0.1) is 0 Å². The minimum atomic E-state index is -0.260. The molecule has 2 rings (SSSR count). The molecule has 0 radical (unpaired) electrons. The van der Waals surface area contributed by atoms with Crippen molar-refractivity contribution in [2.24, 2.45) is 0 Å². The van der Waals surface area contributed by atoms with E-state index in [2.05, 4.69) is 21.2 Å². The summed E-state index contributed by atoms with van der Waals surface area (Å²) in [5.74, 6) is 0.519. The lowest BCUT2D eigenvalue weighted by atomic mass is 10.1. The maximum Gasteiger partial charge on any atom is 0.258 e. The molecule has 0 bridgehead atoms. The summed E-state index contributed by atoms with van der Waals surface area (Å²) in [6, 6.07) is 12.7. The average molecular weight is 392 g/mol. The third kappa shape index (κ3) is 4.58. The van der Waals surface area contributed by atoms with Crippen LogP contribution in [0.4, 0.5) is 0 Å². The molecule has 0 aliphatic rings. The first-order valence-corrected chi connectivity index (χ1v) is 8.14. The number of carbonyl (C=O) groups excluding carboxylic acids is 2. The Balaban J connectivity index is 2.00. The predicted molar refractivity (Wildman–Crippen MR) is 94.6 cm³/mol. The van der Waals surface area contributed by atoms with Gasteiger partial charge >= 0.3 is 0 Å². The smallest absolute Gasteiger partial charge is 0.258 e. The highest BCUT2D eigenvalue weighted by Crippen LogP contribution is 2.32. The second-order valence-electron chi connectivity index (χ2n) is 5.13. The van der Waals surface area contributed by atoms with Crippen molar-refractivity contribution in [1.29, 1.82) is 0 Å². The Kier molecular flexibility index (Phi) is 6.37. The lowest BCUT2D eigenvalue weighted by Gasteiger charge is -2.16. The molecule has 24 heavy (non-hydrogen) atoms. The van der Waals surface area contributed by atoms with Crippen LogP contribution in [0.5, 0.6) is 11.5 Å². The van der Waals surface area contributed by atoms with E-state index in [9.17, 15) is 9.59 Å². The van der Waals surface area contributed by atoms with Gasteiger partial charge in [-0.05, 0) is 40.5 Å². The molecule has 0 fully saturated rings. The zero-order valence-corrected chi connectivity index (χ0v) is 15.0. The van der Waals surface area contributed by atoms with E-state index in [1.54, 1.807) is 6.07 Å². The molecule has 0 saturated heterocycles. The molecule has 1 atom stereocenters. The minimum absolute atomic E-state index is 0.125. The van der Waals surface area contributed by atoms with Gasteiger partial charge in [0.15, 0.2) is 24.4 Å². The highest BCUT2D eigenvalue weighted by atomic mass is 79.9. The molecule has 5 nitrogen and oxygen atoms in total. The average Bonchev–Trinajstić information content (AvgIpc) is 2.60. The van der Waals surface area contributed by atoms with Gasteiger partial charge in [-0.1, -0.05) is 30.3 Å². The Morgan fingerprint density at radius 1 is 1.25 bits per heavy atom. The number of carbonyl (C=O) groups is 2. The number of nitrogens with one attached hydrogen (secondary N) is 1. The highest BCUT2D eigenvalue weighted by molar-refractivity contribution is 9.10. The number of hydrogen-bond donors (Lipinski definition) is 1. The van der Waals surface area contributed by atoms with Crippen LogP contribution in [-0.2, 0) is 4.79 Å². The highest BCUT2D eigenvalue weighted by Gasteiger charge is 2.13. The Morgan fingerprint density at radius 2 is 1.96 bits per heavy atom. The minimum Gasteiger partial charge on any atom is -0.493 e. The summed E-state index contributed by atoms with van der Waals surface area (Å²) in [5.41, 5.74) is 1.43. The summed E-state index contributed by atoms with van der Waals surface area (Å²) >= 11 is 3.27. The maximum atomic E-state index is 12.1. The Bertz CT molecular complexity index is 718. The number of benzene rings is 2. The van der Waals surface area contributed by atoms with Gasteiger partial charge in [-0.2, -0.15) is 0 Å². The number of ether oxygens (including phenoxy) is 2. The molecule has 0 saturated carbocycles. The molecule has 1 N–H and O–H groups in total. The summed E-state index contributed by atoms with van der Waals surface area (Å²) in [4.78, 5) is 23.1. The van der Waals surface area contributed by atoms with E-state index in [1.807, 2.05) is 37.3 Å². The molecule has 0 spiro atoms. The summed E-state index contributed by atoms with van der Waals surface area (Å²) in [7, 11) is 1.49. The van der Waals surface area contributed by atoms with Gasteiger partial charge in [0, 0.05) is 10.0 Å².